The average Bonchev–Trinajstić information content (AvgIpc) is 2.60. The number of hydrogen-bond acceptors (Lipinski definition) is 3. The van der Waals surface area contributed by atoms with Gasteiger partial charge in [-0.15, -0.1) is 6.58 Å². The SMILES string of the molecule is C=CCn1cc(C)nc1N1CCNC(C)C1. The van der Waals surface area contributed by atoms with Crippen molar-refractivity contribution in [1.29, 1.82) is 0 Å². The molecule has 1 aromatic rings. The highest BCUT2D eigenvalue weighted by Crippen LogP contribution is 2.16. The second-order valence-corrected chi connectivity index (χ2v) is 4.42. The van der Waals surface area contributed by atoms with Crippen molar-refractivity contribution in [2.45, 2.75) is 26.4 Å². The number of aryl methyl sites for hydroxylation is 1. The smallest absolute Gasteiger partial charge is 0.206 e. The number of hydrogen-bond donors (Lipinski definition) is 1. The van der Waals surface area contributed by atoms with Crippen LogP contribution in [-0.2, 0) is 6.54 Å². The van der Waals surface area contributed by atoms with E-state index in [1.54, 1.807) is 0 Å². The van der Waals surface area contributed by atoms with E-state index in [-0.39, 0.29) is 0 Å². The molecule has 1 fully saturated rings. The monoisotopic (exact) mass is 220 g/mol. The van der Waals surface area contributed by atoms with Crippen LogP contribution in [0.25, 0.3) is 0 Å². The van der Waals surface area contributed by atoms with Gasteiger partial charge in [0.25, 0.3) is 0 Å². The summed E-state index contributed by atoms with van der Waals surface area (Å²) in [5.41, 5.74) is 1.07. The van der Waals surface area contributed by atoms with Crippen molar-refractivity contribution in [2.24, 2.45) is 0 Å². The standard InChI is InChI=1S/C12H20N4/c1-4-6-15-9-11(3)14-12(15)16-7-5-13-10(2)8-16/h4,9-10,13H,1,5-8H2,2-3H3. The molecule has 0 radical (unpaired) electrons. The van der Waals surface area contributed by atoms with Crippen LogP contribution in [0.2, 0.25) is 0 Å². The van der Waals surface area contributed by atoms with Crippen LogP contribution in [0.15, 0.2) is 18.9 Å². The lowest BCUT2D eigenvalue weighted by molar-refractivity contribution is 0.475. The van der Waals surface area contributed by atoms with Crippen LogP contribution in [0.4, 0.5) is 5.95 Å². The van der Waals surface area contributed by atoms with Gasteiger partial charge >= 0.3 is 0 Å². The van der Waals surface area contributed by atoms with E-state index in [4.69, 9.17) is 0 Å². The van der Waals surface area contributed by atoms with E-state index in [9.17, 15) is 0 Å². The van der Waals surface area contributed by atoms with E-state index in [0.717, 1.165) is 37.8 Å². The molecule has 1 N–H and O–H groups in total. The molecule has 1 aliphatic heterocycles. The Hall–Kier alpha value is -1.29. The Kier molecular flexibility index (Phi) is 3.29. The fraction of sp³-hybridized carbons (Fsp3) is 0.583. The first-order valence-corrected chi connectivity index (χ1v) is 5.83. The van der Waals surface area contributed by atoms with Gasteiger partial charge in [-0.3, -0.25) is 0 Å². The van der Waals surface area contributed by atoms with Crippen LogP contribution in [0.3, 0.4) is 0 Å². The molecular weight excluding hydrogens is 200 g/mol. The molecule has 2 heterocycles. The van der Waals surface area contributed by atoms with Gasteiger partial charge in [0.15, 0.2) is 0 Å². The Morgan fingerprint density at radius 1 is 1.69 bits per heavy atom. The van der Waals surface area contributed by atoms with Gasteiger partial charge in [-0.2, -0.15) is 0 Å². The second-order valence-electron chi connectivity index (χ2n) is 4.42. The zero-order valence-corrected chi connectivity index (χ0v) is 10.1. The Balaban J connectivity index is 2.20. The van der Waals surface area contributed by atoms with E-state index < -0.39 is 0 Å². The third-order valence-electron chi connectivity index (χ3n) is 2.85. The third-order valence-corrected chi connectivity index (χ3v) is 2.85. The molecule has 1 aliphatic rings. The zero-order chi connectivity index (χ0) is 11.5. The maximum atomic E-state index is 4.60. The molecule has 4 heteroatoms. The van der Waals surface area contributed by atoms with Crippen LogP contribution >= 0.6 is 0 Å². The molecule has 1 atom stereocenters. The fourth-order valence-corrected chi connectivity index (χ4v) is 2.17. The summed E-state index contributed by atoms with van der Waals surface area (Å²) >= 11 is 0. The van der Waals surface area contributed by atoms with Crippen LogP contribution < -0.4 is 10.2 Å². The molecule has 0 spiro atoms. The van der Waals surface area contributed by atoms with Crippen LogP contribution in [0.1, 0.15) is 12.6 Å². The lowest BCUT2D eigenvalue weighted by Gasteiger charge is -2.32. The van der Waals surface area contributed by atoms with Gasteiger partial charge < -0.3 is 14.8 Å². The second kappa shape index (κ2) is 4.70. The highest BCUT2D eigenvalue weighted by Gasteiger charge is 2.19. The molecule has 0 bridgehead atoms. The number of anilines is 1. The summed E-state index contributed by atoms with van der Waals surface area (Å²) in [5, 5.41) is 3.44. The van der Waals surface area contributed by atoms with Gasteiger partial charge in [-0.25, -0.2) is 4.98 Å². The molecule has 1 saturated heterocycles. The summed E-state index contributed by atoms with van der Waals surface area (Å²) < 4.78 is 2.17. The first-order chi connectivity index (χ1) is 7.70. The summed E-state index contributed by atoms with van der Waals surface area (Å²) in [4.78, 5) is 6.95. The number of nitrogens with zero attached hydrogens (tertiary/aromatic N) is 3. The molecule has 0 aliphatic carbocycles. The number of aromatic nitrogens is 2. The number of nitrogens with one attached hydrogen (secondary N) is 1. The summed E-state index contributed by atoms with van der Waals surface area (Å²) in [6.45, 7) is 11.9. The lowest BCUT2D eigenvalue weighted by Crippen LogP contribution is -2.50. The van der Waals surface area contributed by atoms with Crippen molar-refractivity contribution < 1.29 is 0 Å². The molecular formula is C12H20N4. The maximum Gasteiger partial charge on any atom is 0.206 e. The highest BCUT2D eigenvalue weighted by atomic mass is 15.3. The molecule has 4 nitrogen and oxygen atoms in total. The summed E-state index contributed by atoms with van der Waals surface area (Å²) in [7, 11) is 0. The van der Waals surface area contributed by atoms with Crippen molar-refractivity contribution in [2.75, 3.05) is 24.5 Å². The fourth-order valence-electron chi connectivity index (χ4n) is 2.17. The van der Waals surface area contributed by atoms with Crippen LogP contribution in [-0.4, -0.2) is 35.2 Å². The minimum Gasteiger partial charge on any atom is -0.339 e. The zero-order valence-electron chi connectivity index (χ0n) is 10.1. The van der Waals surface area contributed by atoms with Crippen LogP contribution in [0.5, 0.6) is 0 Å². The number of imidazole rings is 1. The molecule has 0 saturated carbocycles. The summed E-state index contributed by atoms with van der Waals surface area (Å²) in [5.74, 6) is 1.07. The van der Waals surface area contributed by atoms with Gasteiger partial charge in [0.05, 0.1) is 5.69 Å². The minimum atomic E-state index is 0.530. The van der Waals surface area contributed by atoms with E-state index in [0.29, 0.717) is 6.04 Å². The van der Waals surface area contributed by atoms with E-state index >= 15 is 0 Å². The molecule has 2 rings (SSSR count). The van der Waals surface area contributed by atoms with E-state index in [2.05, 4.69) is 39.5 Å². The summed E-state index contributed by atoms with van der Waals surface area (Å²) in [6.07, 6.45) is 4.00. The number of piperazine rings is 1. The third kappa shape index (κ3) is 2.27. The van der Waals surface area contributed by atoms with Gasteiger partial charge in [0.1, 0.15) is 0 Å². The number of rotatable bonds is 3. The van der Waals surface area contributed by atoms with Crippen molar-refractivity contribution in [1.82, 2.24) is 14.9 Å². The topological polar surface area (TPSA) is 33.1 Å². The largest absolute Gasteiger partial charge is 0.339 e. The van der Waals surface area contributed by atoms with Crippen molar-refractivity contribution in [3.8, 4) is 0 Å². The number of allylic oxidation sites excluding steroid dienone is 1. The van der Waals surface area contributed by atoms with Gasteiger partial charge in [0, 0.05) is 38.4 Å². The quantitative estimate of drug-likeness (QED) is 0.776. The molecule has 1 aromatic heterocycles. The first kappa shape index (κ1) is 11.2. The molecule has 0 aromatic carbocycles. The lowest BCUT2D eigenvalue weighted by atomic mass is 10.2. The normalized spacial score (nSPS) is 21.1. The molecule has 1 unspecified atom stereocenters. The van der Waals surface area contributed by atoms with Gasteiger partial charge in [0.2, 0.25) is 5.95 Å². The average molecular weight is 220 g/mol. The Morgan fingerprint density at radius 2 is 2.50 bits per heavy atom. The van der Waals surface area contributed by atoms with Crippen molar-refractivity contribution in [3.63, 3.8) is 0 Å². The van der Waals surface area contributed by atoms with Gasteiger partial charge in [-0.1, -0.05) is 6.08 Å². The van der Waals surface area contributed by atoms with E-state index in [1.807, 2.05) is 13.0 Å². The molecule has 16 heavy (non-hydrogen) atoms. The van der Waals surface area contributed by atoms with Crippen LogP contribution in [0, 0.1) is 6.92 Å². The van der Waals surface area contributed by atoms with Crippen molar-refractivity contribution >= 4 is 5.95 Å². The minimum absolute atomic E-state index is 0.530. The first-order valence-electron chi connectivity index (χ1n) is 5.83. The van der Waals surface area contributed by atoms with Crippen molar-refractivity contribution in [3.05, 3.63) is 24.5 Å². The Morgan fingerprint density at radius 3 is 3.19 bits per heavy atom. The Labute approximate surface area is 97.0 Å². The van der Waals surface area contributed by atoms with E-state index in [1.165, 1.54) is 0 Å². The Bertz CT molecular complexity index is 369. The van der Waals surface area contributed by atoms with Gasteiger partial charge in [-0.05, 0) is 13.8 Å². The highest BCUT2D eigenvalue weighted by molar-refractivity contribution is 5.35. The predicted molar refractivity (Wildman–Crippen MR) is 66.8 cm³/mol. The molecule has 88 valence electrons. The molecule has 0 amide bonds. The maximum absolute atomic E-state index is 4.60. The predicted octanol–water partition coefficient (Wildman–Crippen LogP) is 1.18. The summed E-state index contributed by atoms with van der Waals surface area (Å²) in [6, 6.07) is 0.530.